The Balaban J connectivity index is 2.03. The second-order valence-corrected chi connectivity index (χ2v) is 1.51. The van der Waals surface area contributed by atoms with E-state index in [1.54, 1.807) is 0 Å². The van der Waals surface area contributed by atoms with E-state index in [1.165, 1.54) is 0 Å². The molecule has 1 aliphatic heterocycles. The molecule has 7 heavy (non-hydrogen) atoms. The predicted molar refractivity (Wildman–Crippen MR) is 23.8 cm³/mol. The lowest BCUT2D eigenvalue weighted by Gasteiger charge is -2.24. The lowest BCUT2D eigenvalue weighted by Crippen LogP contribution is -2.48. The first-order valence-electron chi connectivity index (χ1n) is 2.23. The summed E-state index contributed by atoms with van der Waals surface area (Å²) in [7, 11) is 0. The van der Waals surface area contributed by atoms with Gasteiger partial charge in [0.05, 0.1) is 0 Å². The molecule has 0 radical (unpaired) electrons. The van der Waals surface area contributed by atoms with Gasteiger partial charge in [0.15, 0.2) is 0 Å². The summed E-state index contributed by atoms with van der Waals surface area (Å²) in [5.74, 6) is 0. The van der Waals surface area contributed by atoms with Crippen LogP contribution in [0.1, 0.15) is 0 Å². The SMILES string of the molecule is O=COC1CNC1. The van der Waals surface area contributed by atoms with Gasteiger partial charge in [-0.1, -0.05) is 0 Å². The first-order valence-corrected chi connectivity index (χ1v) is 2.23. The fourth-order valence-electron chi connectivity index (χ4n) is 0.437. The molecule has 0 bridgehead atoms. The third-order valence-corrected chi connectivity index (χ3v) is 0.992. The van der Waals surface area contributed by atoms with Crippen LogP contribution >= 0.6 is 0 Å². The summed E-state index contributed by atoms with van der Waals surface area (Å²) < 4.78 is 4.53. The Kier molecular flexibility index (Phi) is 1.26. The van der Waals surface area contributed by atoms with Gasteiger partial charge < -0.3 is 10.1 Å². The van der Waals surface area contributed by atoms with Gasteiger partial charge in [-0.25, -0.2) is 0 Å². The molecule has 40 valence electrons. The van der Waals surface area contributed by atoms with Crippen molar-refractivity contribution in [2.45, 2.75) is 6.10 Å². The van der Waals surface area contributed by atoms with Crippen molar-refractivity contribution in [1.29, 1.82) is 0 Å². The highest BCUT2D eigenvalue weighted by Gasteiger charge is 2.16. The number of ether oxygens (including phenoxy) is 1. The number of carbonyl (C=O) groups excluding carboxylic acids is 1. The van der Waals surface area contributed by atoms with Crippen LogP contribution in [-0.2, 0) is 9.53 Å². The molecule has 1 saturated heterocycles. The van der Waals surface area contributed by atoms with Crippen molar-refractivity contribution in [2.24, 2.45) is 0 Å². The lowest BCUT2D eigenvalue weighted by atomic mass is 10.2. The number of carbonyl (C=O) groups is 1. The average molecular weight is 101 g/mol. The van der Waals surface area contributed by atoms with Gasteiger partial charge in [-0.3, -0.25) is 4.79 Å². The molecule has 0 unspecified atom stereocenters. The van der Waals surface area contributed by atoms with Crippen molar-refractivity contribution in [3.8, 4) is 0 Å². The molecule has 1 heterocycles. The van der Waals surface area contributed by atoms with Gasteiger partial charge in [0.25, 0.3) is 6.47 Å². The maximum Gasteiger partial charge on any atom is 0.293 e. The summed E-state index contributed by atoms with van der Waals surface area (Å²) in [6, 6.07) is 0. The van der Waals surface area contributed by atoms with E-state index in [2.05, 4.69) is 10.1 Å². The van der Waals surface area contributed by atoms with Crippen molar-refractivity contribution >= 4 is 6.47 Å². The van der Waals surface area contributed by atoms with Gasteiger partial charge >= 0.3 is 0 Å². The van der Waals surface area contributed by atoms with Gasteiger partial charge in [-0.05, 0) is 0 Å². The molecule has 0 aromatic rings. The molecular formula is C4H7NO2. The second kappa shape index (κ2) is 1.93. The Morgan fingerprint density at radius 2 is 2.43 bits per heavy atom. The number of hydrogen-bond donors (Lipinski definition) is 1. The van der Waals surface area contributed by atoms with E-state index in [0.29, 0.717) is 6.47 Å². The molecular weight excluding hydrogens is 94.0 g/mol. The summed E-state index contributed by atoms with van der Waals surface area (Å²) in [6.45, 7) is 2.13. The maximum atomic E-state index is 9.56. The zero-order valence-electron chi connectivity index (χ0n) is 3.89. The molecule has 0 atom stereocenters. The Morgan fingerprint density at radius 1 is 1.71 bits per heavy atom. The van der Waals surface area contributed by atoms with Crippen LogP contribution in [0.15, 0.2) is 0 Å². The Morgan fingerprint density at radius 3 is 2.57 bits per heavy atom. The van der Waals surface area contributed by atoms with Crippen molar-refractivity contribution in [2.75, 3.05) is 13.1 Å². The molecule has 3 nitrogen and oxygen atoms in total. The van der Waals surface area contributed by atoms with E-state index in [0.717, 1.165) is 13.1 Å². The Labute approximate surface area is 41.7 Å². The summed E-state index contributed by atoms with van der Waals surface area (Å²) in [4.78, 5) is 9.56. The van der Waals surface area contributed by atoms with E-state index < -0.39 is 0 Å². The topological polar surface area (TPSA) is 38.3 Å². The monoisotopic (exact) mass is 101 g/mol. The van der Waals surface area contributed by atoms with Gasteiger partial charge in [0, 0.05) is 13.1 Å². The van der Waals surface area contributed by atoms with Crippen LogP contribution in [0.25, 0.3) is 0 Å². The Hall–Kier alpha value is -0.570. The van der Waals surface area contributed by atoms with E-state index in [1.807, 2.05) is 0 Å². The summed E-state index contributed by atoms with van der Waals surface area (Å²) in [5.41, 5.74) is 0. The van der Waals surface area contributed by atoms with Crippen molar-refractivity contribution in [3.63, 3.8) is 0 Å². The highest BCUT2D eigenvalue weighted by molar-refractivity contribution is 5.37. The average Bonchev–Trinajstić information content (AvgIpc) is 1.55. The molecule has 1 N–H and O–H groups in total. The number of nitrogens with one attached hydrogen (secondary N) is 1. The van der Waals surface area contributed by atoms with Crippen LogP contribution in [0.5, 0.6) is 0 Å². The summed E-state index contributed by atoms with van der Waals surface area (Å²) in [5, 5.41) is 2.96. The number of hydrogen-bond acceptors (Lipinski definition) is 3. The van der Waals surface area contributed by atoms with Crippen LogP contribution in [0.3, 0.4) is 0 Å². The standard InChI is InChI=1S/C4H7NO2/c6-3-7-4-1-5-2-4/h3-5H,1-2H2. The molecule has 1 fully saturated rings. The zero-order chi connectivity index (χ0) is 5.11. The molecule has 0 spiro atoms. The van der Waals surface area contributed by atoms with Gasteiger partial charge in [-0.15, -0.1) is 0 Å². The third kappa shape index (κ3) is 0.899. The normalized spacial score (nSPS) is 20.6. The minimum absolute atomic E-state index is 0.150. The van der Waals surface area contributed by atoms with E-state index in [-0.39, 0.29) is 6.10 Å². The summed E-state index contributed by atoms with van der Waals surface area (Å²) in [6.07, 6.45) is 0.150. The molecule has 0 aromatic carbocycles. The molecule has 0 aliphatic carbocycles. The molecule has 0 saturated carbocycles. The zero-order valence-corrected chi connectivity index (χ0v) is 3.89. The fraction of sp³-hybridized carbons (Fsp3) is 0.750. The molecule has 3 heteroatoms. The molecule has 1 rings (SSSR count). The van der Waals surface area contributed by atoms with Gasteiger partial charge in [0.1, 0.15) is 6.10 Å². The Bertz CT molecular complexity index is 70.1. The van der Waals surface area contributed by atoms with Crippen LogP contribution in [0.2, 0.25) is 0 Å². The van der Waals surface area contributed by atoms with E-state index >= 15 is 0 Å². The predicted octanol–water partition coefficient (Wildman–Crippen LogP) is -0.869. The van der Waals surface area contributed by atoms with Crippen LogP contribution in [-0.4, -0.2) is 25.7 Å². The summed E-state index contributed by atoms with van der Waals surface area (Å²) >= 11 is 0. The fourth-order valence-corrected chi connectivity index (χ4v) is 0.437. The molecule has 1 aliphatic rings. The first kappa shape index (κ1) is 4.59. The van der Waals surface area contributed by atoms with Gasteiger partial charge in [0.2, 0.25) is 0 Å². The minimum Gasteiger partial charge on any atom is -0.462 e. The largest absolute Gasteiger partial charge is 0.462 e. The van der Waals surface area contributed by atoms with Crippen LogP contribution in [0, 0.1) is 0 Å². The van der Waals surface area contributed by atoms with E-state index in [4.69, 9.17) is 0 Å². The quantitative estimate of drug-likeness (QED) is 0.459. The number of rotatable bonds is 2. The van der Waals surface area contributed by atoms with Crippen molar-refractivity contribution in [3.05, 3.63) is 0 Å². The van der Waals surface area contributed by atoms with Crippen molar-refractivity contribution < 1.29 is 9.53 Å². The second-order valence-electron chi connectivity index (χ2n) is 1.51. The van der Waals surface area contributed by atoms with Gasteiger partial charge in [-0.2, -0.15) is 0 Å². The molecule has 0 aromatic heterocycles. The third-order valence-electron chi connectivity index (χ3n) is 0.992. The van der Waals surface area contributed by atoms with Crippen LogP contribution < -0.4 is 5.32 Å². The smallest absolute Gasteiger partial charge is 0.293 e. The minimum atomic E-state index is 0.150. The maximum absolute atomic E-state index is 9.56. The molecule has 0 amide bonds. The van der Waals surface area contributed by atoms with E-state index in [9.17, 15) is 4.79 Å². The van der Waals surface area contributed by atoms with Crippen molar-refractivity contribution in [1.82, 2.24) is 5.32 Å². The van der Waals surface area contributed by atoms with Crippen LogP contribution in [0.4, 0.5) is 0 Å². The highest BCUT2D eigenvalue weighted by atomic mass is 16.5. The first-order chi connectivity index (χ1) is 3.43. The highest BCUT2D eigenvalue weighted by Crippen LogP contribution is 1.93. The lowest BCUT2D eigenvalue weighted by molar-refractivity contribution is -0.135.